The van der Waals surface area contributed by atoms with E-state index in [-0.39, 0.29) is 12.4 Å². The molecule has 1 aromatic carbocycles. The minimum absolute atomic E-state index is 0.0418. The van der Waals surface area contributed by atoms with Crippen LogP contribution in [0.4, 0.5) is 0 Å². The summed E-state index contributed by atoms with van der Waals surface area (Å²) in [6.45, 7) is 3.34. The number of hydrogen-bond acceptors (Lipinski definition) is 4. The summed E-state index contributed by atoms with van der Waals surface area (Å²) in [6.07, 6.45) is 2.47. The van der Waals surface area contributed by atoms with Crippen LogP contribution in [0.1, 0.15) is 19.4 Å². The SMILES string of the molecule is CC(C)S(=O)(=O)CCOc1cccc(/C=C/C(=O)O)c1. The molecule has 0 heterocycles. The van der Waals surface area contributed by atoms with Crippen molar-refractivity contribution in [1.82, 2.24) is 0 Å². The van der Waals surface area contributed by atoms with Crippen molar-refractivity contribution in [3.05, 3.63) is 35.9 Å². The standard InChI is InChI=1S/C14H18O5S/c1-11(2)20(17,18)9-8-19-13-5-3-4-12(10-13)6-7-14(15)16/h3-7,10-11H,8-9H2,1-2H3,(H,15,16)/b7-6+. The first-order valence-corrected chi connectivity index (χ1v) is 7.88. The third kappa shape index (κ3) is 5.44. The summed E-state index contributed by atoms with van der Waals surface area (Å²) < 4.78 is 28.6. The number of sulfone groups is 1. The molecule has 0 spiro atoms. The monoisotopic (exact) mass is 298 g/mol. The van der Waals surface area contributed by atoms with Crippen LogP contribution >= 0.6 is 0 Å². The van der Waals surface area contributed by atoms with Gasteiger partial charge in [-0.15, -0.1) is 0 Å². The van der Waals surface area contributed by atoms with Crippen molar-refractivity contribution in [2.45, 2.75) is 19.1 Å². The third-order valence-electron chi connectivity index (χ3n) is 2.63. The van der Waals surface area contributed by atoms with Crippen LogP contribution < -0.4 is 4.74 Å². The number of benzene rings is 1. The highest BCUT2D eigenvalue weighted by Gasteiger charge is 2.15. The summed E-state index contributed by atoms with van der Waals surface area (Å²) in [7, 11) is -3.12. The van der Waals surface area contributed by atoms with E-state index in [1.807, 2.05) is 0 Å². The first kappa shape index (κ1) is 16.2. The molecule has 0 aliphatic carbocycles. The zero-order chi connectivity index (χ0) is 15.2. The smallest absolute Gasteiger partial charge is 0.328 e. The summed E-state index contributed by atoms with van der Waals surface area (Å²) in [5.41, 5.74) is 0.677. The maximum atomic E-state index is 11.6. The van der Waals surface area contributed by atoms with Crippen LogP contribution in [0.15, 0.2) is 30.3 Å². The summed E-state index contributed by atoms with van der Waals surface area (Å²) in [4.78, 5) is 10.4. The topological polar surface area (TPSA) is 80.7 Å². The number of hydrogen-bond donors (Lipinski definition) is 1. The van der Waals surface area contributed by atoms with Crippen molar-refractivity contribution in [3.63, 3.8) is 0 Å². The lowest BCUT2D eigenvalue weighted by Gasteiger charge is -2.09. The van der Waals surface area contributed by atoms with Gasteiger partial charge in [-0.2, -0.15) is 0 Å². The molecule has 1 N–H and O–H groups in total. The molecule has 0 radical (unpaired) electrons. The van der Waals surface area contributed by atoms with Crippen molar-refractivity contribution in [2.75, 3.05) is 12.4 Å². The average molecular weight is 298 g/mol. The fraction of sp³-hybridized carbons (Fsp3) is 0.357. The van der Waals surface area contributed by atoms with Crippen LogP contribution in [-0.4, -0.2) is 37.1 Å². The van der Waals surface area contributed by atoms with E-state index in [1.165, 1.54) is 6.08 Å². The Labute approximate surface area is 118 Å². The predicted molar refractivity (Wildman–Crippen MR) is 77.5 cm³/mol. The van der Waals surface area contributed by atoms with Crippen LogP contribution in [0.25, 0.3) is 6.08 Å². The van der Waals surface area contributed by atoms with Gasteiger partial charge in [-0.05, 0) is 37.6 Å². The van der Waals surface area contributed by atoms with E-state index in [1.54, 1.807) is 38.1 Å². The van der Waals surface area contributed by atoms with Gasteiger partial charge >= 0.3 is 5.97 Å². The molecule has 0 aliphatic heterocycles. The Bertz CT molecular complexity index is 587. The molecule has 0 bridgehead atoms. The Morgan fingerprint density at radius 2 is 2.10 bits per heavy atom. The Morgan fingerprint density at radius 3 is 2.70 bits per heavy atom. The van der Waals surface area contributed by atoms with Gasteiger partial charge in [-0.1, -0.05) is 12.1 Å². The highest BCUT2D eigenvalue weighted by molar-refractivity contribution is 7.91. The maximum Gasteiger partial charge on any atom is 0.328 e. The highest BCUT2D eigenvalue weighted by Crippen LogP contribution is 2.15. The van der Waals surface area contributed by atoms with Crippen LogP contribution in [0, 0.1) is 0 Å². The van der Waals surface area contributed by atoms with Gasteiger partial charge < -0.3 is 9.84 Å². The predicted octanol–water partition coefficient (Wildman–Crippen LogP) is 1.99. The van der Waals surface area contributed by atoms with Crippen molar-refractivity contribution in [3.8, 4) is 5.75 Å². The molecule has 0 unspecified atom stereocenters. The number of carbonyl (C=O) groups is 1. The molecule has 0 amide bonds. The molecule has 0 aromatic heterocycles. The number of rotatable bonds is 7. The molecule has 0 aliphatic rings. The van der Waals surface area contributed by atoms with E-state index in [4.69, 9.17) is 9.84 Å². The lowest BCUT2D eigenvalue weighted by atomic mass is 10.2. The molecule has 20 heavy (non-hydrogen) atoms. The molecule has 110 valence electrons. The second-order valence-corrected chi connectivity index (χ2v) is 7.19. The summed E-state index contributed by atoms with van der Waals surface area (Å²) in [5.74, 6) is -0.560. The molecule has 0 fully saturated rings. The molecule has 0 saturated heterocycles. The molecule has 0 atom stereocenters. The molecule has 1 aromatic rings. The molecule has 1 rings (SSSR count). The average Bonchev–Trinajstić information content (AvgIpc) is 2.36. The van der Waals surface area contributed by atoms with Gasteiger partial charge in [0.2, 0.25) is 0 Å². The van der Waals surface area contributed by atoms with Gasteiger partial charge in [0.1, 0.15) is 12.4 Å². The van der Waals surface area contributed by atoms with Crippen molar-refractivity contribution in [2.24, 2.45) is 0 Å². The van der Waals surface area contributed by atoms with Gasteiger partial charge in [0, 0.05) is 6.08 Å². The summed E-state index contributed by atoms with van der Waals surface area (Å²) >= 11 is 0. The minimum atomic E-state index is -3.12. The Hall–Kier alpha value is -1.82. The van der Waals surface area contributed by atoms with E-state index < -0.39 is 21.1 Å². The van der Waals surface area contributed by atoms with Gasteiger partial charge in [-0.3, -0.25) is 0 Å². The number of carboxylic acids is 1. The lowest BCUT2D eigenvalue weighted by molar-refractivity contribution is -0.131. The van der Waals surface area contributed by atoms with E-state index in [9.17, 15) is 13.2 Å². The quantitative estimate of drug-likeness (QED) is 0.779. The van der Waals surface area contributed by atoms with E-state index in [2.05, 4.69) is 0 Å². The number of carboxylic acid groups (broad SMARTS) is 1. The Morgan fingerprint density at radius 1 is 1.40 bits per heavy atom. The van der Waals surface area contributed by atoms with E-state index in [0.717, 1.165) is 6.08 Å². The molecular weight excluding hydrogens is 280 g/mol. The van der Waals surface area contributed by atoms with Crippen LogP contribution in [0.2, 0.25) is 0 Å². The van der Waals surface area contributed by atoms with Crippen LogP contribution in [0.3, 0.4) is 0 Å². The van der Waals surface area contributed by atoms with Crippen LogP contribution in [-0.2, 0) is 14.6 Å². The first-order chi connectivity index (χ1) is 9.31. The van der Waals surface area contributed by atoms with Gasteiger partial charge in [-0.25, -0.2) is 13.2 Å². The Kier molecular flexibility index (Phi) is 5.76. The fourth-order valence-electron chi connectivity index (χ4n) is 1.39. The van der Waals surface area contributed by atoms with Gasteiger partial charge in [0.25, 0.3) is 0 Å². The molecule has 6 heteroatoms. The van der Waals surface area contributed by atoms with Crippen LogP contribution in [0.5, 0.6) is 5.75 Å². The largest absolute Gasteiger partial charge is 0.493 e. The van der Waals surface area contributed by atoms with Crippen molar-refractivity contribution >= 4 is 21.9 Å². The fourth-order valence-corrected chi connectivity index (χ4v) is 2.17. The summed E-state index contributed by atoms with van der Waals surface area (Å²) in [6, 6.07) is 6.80. The third-order valence-corrected chi connectivity index (χ3v) is 4.80. The minimum Gasteiger partial charge on any atom is -0.493 e. The molecule has 0 saturated carbocycles. The van der Waals surface area contributed by atoms with E-state index >= 15 is 0 Å². The van der Waals surface area contributed by atoms with E-state index in [0.29, 0.717) is 11.3 Å². The normalized spacial score (nSPS) is 11.9. The second kappa shape index (κ2) is 7.09. The highest BCUT2D eigenvalue weighted by atomic mass is 32.2. The zero-order valence-electron chi connectivity index (χ0n) is 11.4. The molecule has 5 nitrogen and oxygen atoms in total. The van der Waals surface area contributed by atoms with Gasteiger partial charge in [0.05, 0.1) is 11.0 Å². The van der Waals surface area contributed by atoms with Crippen molar-refractivity contribution in [1.29, 1.82) is 0 Å². The second-order valence-electron chi connectivity index (χ2n) is 4.51. The summed E-state index contributed by atoms with van der Waals surface area (Å²) in [5, 5.41) is 8.12. The maximum absolute atomic E-state index is 11.6. The van der Waals surface area contributed by atoms with Gasteiger partial charge in [0.15, 0.2) is 9.84 Å². The van der Waals surface area contributed by atoms with Crippen molar-refractivity contribution < 1.29 is 23.1 Å². The lowest BCUT2D eigenvalue weighted by Crippen LogP contribution is -2.22. The number of ether oxygens (including phenoxy) is 1. The first-order valence-electron chi connectivity index (χ1n) is 6.16. The zero-order valence-corrected chi connectivity index (χ0v) is 12.3. The Balaban J connectivity index is 2.61. The molecular formula is C14H18O5S. The number of aliphatic carboxylic acids is 1.